The molecule has 0 aliphatic heterocycles. The zero-order valence-electron chi connectivity index (χ0n) is 13.9. The quantitative estimate of drug-likeness (QED) is 0.517. The van der Waals surface area contributed by atoms with Gasteiger partial charge in [0.15, 0.2) is 5.82 Å². The molecule has 0 radical (unpaired) electrons. The van der Waals surface area contributed by atoms with Crippen LogP contribution in [0.15, 0.2) is 76.8 Å². The second-order valence-electron chi connectivity index (χ2n) is 5.45. The van der Waals surface area contributed by atoms with E-state index in [9.17, 15) is 8.42 Å². The number of hydrogen-bond acceptors (Lipinski definition) is 7. The van der Waals surface area contributed by atoms with Gasteiger partial charge in [-0.05, 0) is 41.8 Å². The van der Waals surface area contributed by atoms with Gasteiger partial charge in [-0.3, -0.25) is 4.72 Å². The summed E-state index contributed by atoms with van der Waals surface area (Å²) >= 11 is 1.17. The first-order chi connectivity index (χ1) is 13.1. The molecule has 0 spiro atoms. The maximum atomic E-state index is 12.2. The second-order valence-corrected chi connectivity index (χ2v) is 8.31. The molecule has 0 bridgehead atoms. The zero-order valence-corrected chi connectivity index (χ0v) is 15.5. The molecule has 0 aliphatic carbocycles. The highest BCUT2D eigenvalue weighted by atomic mass is 32.2. The first-order valence-corrected chi connectivity index (χ1v) is 10.2. The fourth-order valence-corrected chi connectivity index (χ4v) is 4.39. The molecule has 1 aromatic carbocycles. The fourth-order valence-electron chi connectivity index (χ4n) is 2.34. The van der Waals surface area contributed by atoms with Crippen LogP contribution in [0.1, 0.15) is 0 Å². The fraction of sp³-hybridized carbons (Fsp3) is 0. The van der Waals surface area contributed by atoms with Gasteiger partial charge in [0.05, 0.1) is 0 Å². The lowest BCUT2D eigenvalue weighted by atomic mass is 10.3. The number of anilines is 3. The molecule has 2 N–H and O–H groups in total. The Kier molecular flexibility index (Phi) is 4.57. The summed E-state index contributed by atoms with van der Waals surface area (Å²) in [6.07, 6.45) is 4.91. The van der Waals surface area contributed by atoms with Crippen LogP contribution in [-0.4, -0.2) is 28.2 Å². The summed E-state index contributed by atoms with van der Waals surface area (Å²) in [7, 11) is -3.55. The van der Waals surface area contributed by atoms with Crippen molar-refractivity contribution in [3.8, 4) is 5.82 Å². The average Bonchev–Trinajstić information content (AvgIpc) is 3.38. The summed E-state index contributed by atoms with van der Waals surface area (Å²) in [5.41, 5.74) is 1.24. The van der Waals surface area contributed by atoms with Crippen LogP contribution in [0.4, 0.5) is 17.2 Å². The Bertz CT molecular complexity index is 1120. The molecule has 0 unspecified atom stereocenters. The Morgan fingerprint density at radius 3 is 2.52 bits per heavy atom. The summed E-state index contributed by atoms with van der Waals surface area (Å²) in [6.45, 7) is 0. The van der Waals surface area contributed by atoms with Gasteiger partial charge < -0.3 is 5.32 Å². The van der Waals surface area contributed by atoms with E-state index in [1.165, 1.54) is 17.7 Å². The molecule has 10 heteroatoms. The van der Waals surface area contributed by atoms with Crippen LogP contribution < -0.4 is 10.0 Å². The molecule has 0 fully saturated rings. The topological polar surface area (TPSA) is 102 Å². The van der Waals surface area contributed by atoms with Crippen molar-refractivity contribution < 1.29 is 8.42 Å². The van der Waals surface area contributed by atoms with Gasteiger partial charge in [0.25, 0.3) is 10.0 Å². The Balaban J connectivity index is 1.48. The number of thiophene rings is 1. The molecule has 0 atom stereocenters. The molecule has 3 aromatic heterocycles. The number of nitrogens with one attached hydrogen (secondary N) is 2. The van der Waals surface area contributed by atoms with Crippen LogP contribution in [0.25, 0.3) is 5.82 Å². The average molecular weight is 398 g/mol. The Morgan fingerprint density at radius 2 is 1.81 bits per heavy atom. The maximum absolute atomic E-state index is 12.2. The Labute approximate surface area is 159 Å². The number of sulfonamides is 1. The second kappa shape index (κ2) is 7.17. The van der Waals surface area contributed by atoms with Crippen LogP contribution in [0.3, 0.4) is 0 Å². The number of hydrogen-bond donors (Lipinski definition) is 2. The van der Waals surface area contributed by atoms with Crippen molar-refractivity contribution in [2.24, 2.45) is 0 Å². The molecule has 4 aromatic rings. The molecule has 27 heavy (non-hydrogen) atoms. The number of rotatable bonds is 6. The molecule has 4 rings (SSSR count). The molecule has 8 nitrogen and oxygen atoms in total. The van der Waals surface area contributed by atoms with E-state index >= 15 is 0 Å². The largest absolute Gasteiger partial charge is 0.340 e. The van der Waals surface area contributed by atoms with Gasteiger partial charge in [-0.25, -0.2) is 23.1 Å². The molecular weight excluding hydrogens is 384 g/mol. The van der Waals surface area contributed by atoms with Crippen LogP contribution in [0.5, 0.6) is 0 Å². The van der Waals surface area contributed by atoms with Crippen molar-refractivity contribution in [2.45, 2.75) is 4.21 Å². The van der Waals surface area contributed by atoms with Gasteiger partial charge in [-0.1, -0.05) is 6.07 Å². The van der Waals surface area contributed by atoms with Crippen LogP contribution in [0, 0.1) is 0 Å². The first kappa shape index (κ1) is 17.2. The minimum atomic E-state index is -3.55. The number of aromatic nitrogens is 4. The van der Waals surface area contributed by atoms with Crippen LogP contribution in [0.2, 0.25) is 0 Å². The standard InChI is InChI=1S/C17H14N6O2S2/c24-27(25,17-3-1-10-26-17)22-14-6-4-13(5-7-14)21-15-11-16(19-12-18-15)23-9-2-8-20-23/h1-12,22H,(H,18,19,21). The summed E-state index contributed by atoms with van der Waals surface area (Å²) < 4.78 is 29.0. The van der Waals surface area contributed by atoms with Gasteiger partial charge in [0, 0.05) is 29.8 Å². The van der Waals surface area contributed by atoms with Gasteiger partial charge >= 0.3 is 0 Å². The predicted molar refractivity (Wildman–Crippen MR) is 104 cm³/mol. The lowest BCUT2D eigenvalue weighted by Gasteiger charge is -2.09. The molecule has 3 heterocycles. The van der Waals surface area contributed by atoms with E-state index in [1.54, 1.807) is 64.9 Å². The van der Waals surface area contributed by atoms with Gasteiger partial charge in [0.1, 0.15) is 16.4 Å². The van der Waals surface area contributed by atoms with Gasteiger partial charge in [0.2, 0.25) is 0 Å². The van der Waals surface area contributed by atoms with Crippen LogP contribution >= 0.6 is 11.3 Å². The van der Waals surface area contributed by atoms with Crippen molar-refractivity contribution in [1.29, 1.82) is 0 Å². The molecule has 0 saturated carbocycles. The summed E-state index contributed by atoms with van der Waals surface area (Å²) in [5.74, 6) is 1.24. The highest BCUT2D eigenvalue weighted by Gasteiger charge is 2.14. The predicted octanol–water partition coefficient (Wildman–Crippen LogP) is 3.27. The molecular formula is C17H14N6O2S2. The summed E-state index contributed by atoms with van der Waals surface area (Å²) in [6, 6.07) is 13.7. The third kappa shape index (κ3) is 3.96. The van der Waals surface area contributed by atoms with E-state index in [-0.39, 0.29) is 4.21 Å². The third-order valence-electron chi connectivity index (χ3n) is 3.56. The third-order valence-corrected chi connectivity index (χ3v) is 6.34. The summed E-state index contributed by atoms with van der Waals surface area (Å²) in [4.78, 5) is 8.36. The molecule has 0 saturated heterocycles. The maximum Gasteiger partial charge on any atom is 0.271 e. The Morgan fingerprint density at radius 1 is 1.00 bits per heavy atom. The van der Waals surface area contributed by atoms with Crippen LogP contribution in [-0.2, 0) is 10.0 Å². The van der Waals surface area contributed by atoms with Crippen molar-refractivity contribution in [3.05, 3.63) is 72.6 Å². The lowest BCUT2D eigenvalue weighted by Crippen LogP contribution is -2.11. The highest BCUT2D eigenvalue weighted by Crippen LogP contribution is 2.22. The van der Waals surface area contributed by atoms with E-state index in [0.29, 0.717) is 17.3 Å². The minimum Gasteiger partial charge on any atom is -0.340 e. The van der Waals surface area contributed by atoms with E-state index in [4.69, 9.17) is 0 Å². The van der Waals surface area contributed by atoms with Crippen molar-refractivity contribution in [3.63, 3.8) is 0 Å². The van der Waals surface area contributed by atoms with Gasteiger partial charge in [-0.2, -0.15) is 5.10 Å². The molecule has 0 amide bonds. The van der Waals surface area contributed by atoms with Crippen molar-refractivity contribution in [2.75, 3.05) is 10.0 Å². The van der Waals surface area contributed by atoms with E-state index < -0.39 is 10.0 Å². The lowest BCUT2D eigenvalue weighted by molar-refractivity contribution is 0.603. The minimum absolute atomic E-state index is 0.275. The monoisotopic (exact) mass is 398 g/mol. The number of benzene rings is 1. The normalized spacial score (nSPS) is 11.3. The Hall–Kier alpha value is -3.24. The smallest absolute Gasteiger partial charge is 0.271 e. The van der Waals surface area contributed by atoms with E-state index in [2.05, 4.69) is 25.1 Å². The first-order valence-electron chi connectivity index (χ1n) is 7.86. The molecule has 136 valence electrons. The van der Waals surface area contributed by atoms with Crippen molar-refractivity contribution >= 4 is 38.6 Å². The van der Waals surface area contributed by atoms with Gasteiger partial charge in [-0.15, -0.1) is 11.3 Å². The SMILES string of the molecule is O=S(=O)(Nc1ccc(Nc2cc(-n3cccn3)ncn2)cc1)c1cccs1. The van der Waals surface area contributed by atoms with Crippen molar-refractivity contribution in [1.82, 2.24) is 19.7 Å². The van der Waals surface area contributed by atoms with E-state index in [1.807, 2.05) is 6.07 Å². The van der Waals surface area contributed by atoms with E-state index in [0.717, 1.165) is 5.69 Å². The number of nitrogens with zero attached hydrogens (tertiary/aromatic N) is 4. The highest BCUT2D eigenvalue weighted by molar-refractivity contribution is 7.94. The molecule has 0 aliphatic rings. The zero-order chi connectivity index (χ0) is 18.7. The summed E-state index contributed by atoms with van der Waals surface area (Å²) in [5, 5.41) is 9.02.